The molecule has 1 amide bonds. The minimum absolute atomic E-state index is 0.129. The number of anilines is 2. The number of benzene rings is 3. The normalized spacial score (nSPS) is 26.4. The fourth-order valence-electron chi connectivity index (χ4n) is 6.32. The van der Waals surface area contributed by atoms with Gasteiger partial charge < -0.3 is 10.2 Å². The molecule has 0 bridgehead atoms. The standard InChI is InChI=1S/C29H24N2O3/c1-17-16-24-29(21-13-7-8-14-22(21)30-28(29)34)25(27(33)19-10-4-3-5-11-19)26(18(2)32)31(24)23-15-9-6-12-20(17)23/h3-16,24-26H,1-2H3,(H,30,34)/t24-,25-,26-,29+/m0/s1. The van der Waals surface area contributed by atoms with Crippen molar-refractivity contribution in [2.45, 2.75) is 31.3 Å². The van der Waals surface area contributed by atoms with Crippen molar-refractivity contribution < 1.29 is 14.4 Å². The number of Topliss-reactive ketones (excluding diaryl/α,β-unsaturated/α-hetero) is 2. The highest BCUT2D eigenvalue weighted by Crippen LogP contribution is 2.58. The smallest absolute Gasteiger partial charge is 0.238 e. The first-order valence-electron chi connectivity index (χ1n) is 11.5. The number of hydrogen-bond donors (Lipinski definition) is 1. The van der Waals surface area contributed by atoms with Gasteiger partial charge in [0, 0.05) is 22.5 Å². The Bertz CT molecular complexity index is 1390. The quantitative estimate of drug-likeness (QED) is 0.593. The maximum absolute atomic E-state index is 14.2. The third kappa shape index (κ3) is 2.52. The molecule has 1 fully saturated rings. The van der Waals surface area contributed by atoms with Crippen molar-refractivity contribution in [2.24, 2.45) is 5.92 Å². The van der Waals surface area contributed by atoms with Crippen molar-refractivity contribution >= 4 is 34.4 Å². The van der Waals surface area contributed by atoms with Gasteiger partial charge in [-0.3, -0.25) is 14.4 Å². The molecule has 3 aromatic rings. The molecular weight excluding hydrogens is 424 g/mol. The van der Waals surface area contributed by atoms with E-state index in [9.17, 15) is 14.4 Å². The van der Waals surface area contributed by atoms with Gasteiger partial charge >= 0.3 is 0 Å². The number of ketones is 2. The van der Waals surface area contributed by atoms with Crippen molar-refractivity contribution in [1.82, 2.24) is 0 Å². The first-order valence-corrected chi connectivity index (χ1v) is 11.5. The monoisotopic (exact) mass is 448 g/mol. The maximum atomic E-state index is 14.2. The van der Waals surface area contributed by atoms with Gasteiger partial charge in [0.1, 0.15) is 5.41 Å². The molecule has 3 aliphatic heterocycles. The molecule has 1 N–H and O–H groups in total. The largest absolute Gasteiger partial charge is 0.352 e. The summed E-state index contributed by atoms with van der Waals surface area (Å²) in [4.78, 5) is 43.6. The molecule has 34 heavy (non-hydrogen) atoms. The summed E-state index contributed by atoms with van der Waals surface area (Å²) in [7, 11) is 0. The average Bonchev–Trinajstić information content (AvgIpc) is 3.32. The molecular formula is C29H24N2O3. The minimum atomic E-state index is -1.23. The summed E-state index contributed by atoms with van der Waals surface area (Å²) < 4.78 is 0. The van der Waals surface area contributed by atoms with Crippen LogP contribution in [0.1, 0.15) is 35.3 Å². The number of nitrogens with zero attached hydrogens (tertiary/aromatic N) is 1. The van der Waals surface area contributed by atoms with Crippen molar-refractivity contribution in [3.8, 4) is 0 Å². The Kier molecular flexibility index (Phi) is 4.40. The molecule has 5 heteroatoms. The number of fused-ring (bicyclic) bond motifs is 6. The second-order valence-corrected chi connectivity index (χ2v) is 9.35. The lowest BCUT2D eigenvalue weighted by Crippen LogP contribution is -2.51. The third-order valence-corrected chi connectivity index (χ3v) is 7.64. The number of para-hydroxylation sites is 2. The van der Waals surface area contributed by atoms with Gasteiger partial charge in [-0.15, -0.1) is 0 Å². The minimum Gasteiger partial charge on any atom is -0.352 e. The van der Waals surface area contributed by atoms with Crippen molar-refractivity contribution in [3.63, 3.8) is 0 Å². The van der Waals surface area contributed by atoms with E-state index in [2.05, 4.69) is 11.4 Å². The highest BCUT2D eigenvalue weighted by atomic mass is 16.2. The zero-order valence-corrected chi connectivity index (χ0v) is 19.0. The number of allylic oxidation sites excluding steroid dienone is 1. The number of amides is 1. The van der Waals surface area contributed by atoms with Gasteiger partial charge in [0.2, 0.25) is 5.91 Å². The van der Waals surface area contributed by atoms with Gasteiger partial charge in [-0.05, 0) is 37.1 Å². The molecule has 3 aliphatic rings. The molecule has 0 radical (unpaired) electrons. The van der Waals surface area contributed by atoms with Crippen LogP contribution in [-0.4, -0.2) is 29.6 Å². The zero-order chi connectivity index (χ0) is 23.6. The number of carbonyl (C=O) groups excluding carboxylic acids is 3. The van der Waals surface area contributed by atoms with E-state index in [1.807, 2.05) is 78.6 Å². The van der Waals surface area contributed by atoms with E-state index in [4.69, 9.17) is 0 Å². The van der Waals surface area contributed by atoms with Crippen LogP contribution in [0.15, 0.2) is 84.9 Å². The van der Waals surface area contributed by atoms with Crippen LogP contribution in [0.25, 0.3) is 5.57 Å². The van der Waals surface area contributed by atoms with E-state index in [1.165, 1.54) is 6.92 Å². The fourth-order valence-corrected chi connectivity index (χ4v) is 6.32. The molecule has 3 heterocycles. The van der Waals surface area contributed by atoms with Gasteiger partial charge in [0.25, 0.3) is 0 Å². The summed E-state index contributed by atoms with van der Waals surface area (Å²) >= 11 is 0. The number of carbonyl (C=O) groups is 3. The summed E-state index contributed by atoms with van der Waals surface area (Å²) in [5.41, 5.74) is 3.68. The molecule has 0 aliphatic carbocycles. The predicted molar refractivity (Wildman–Crippen MR) is 132 cm³/mol. The molecule has 1 saturated heterocycles. The number of nitrogens with one attached hydrogen (secondary N) is 1. The molecule has 0 unspecified atom stereocenters. The third-order valence-electron chi connectivity index (χ3n) is 7.64. The molecule has 6 rings (SSSR count). The van der Waals surface area contributed by atoms with E-state index < -0.39 is 23.4 Å². The van der Waals surface area contributed by atoms with E-state index in [0.717, 1.165) is 22.4 Å². The Balaban J connectivity index is 1.69. The first-order chi connectivity index (χ1) is 16.5. The van der Waals surface area contributed by atoms with Crippen molar-refractivity contribution in [1.29, 1.82) is 0 Å². The average molecular weight is 449 g/mol. The van der Waals surface area contributed by atoms with Crippen LogP contribution in [0.5, 0.6) is 0 Å². The molecule has 3 aromatic carbocycles. The van der Waals surface area contributed by atoms with Crippen LogP contribution in [-0.2, 0) is 15.0 Å². The summed E-state index contributed by atoms with van der Waals surface area (Å²) in [5, 5.41) is 3.04. The van der Waals surface area contributed by atoms with E-state index in [0.29, 0.717) is 11.3 Å². The lowest BCUT2D eigenvalue weighted by atomic mass is 9.64. The van der Waals surface area contributed by atoms with E-state index in [-0.39, 0.29) is 17.5 Å². The summed E-state index contributed by atoms with van der Waals surface area (Å²) in [5.74, 6) is -1.43. The van der Waals surface area contributed by atoms with Gasteiger partial charge in [-0.1, -0.05) is 72.8 Å². The number of rotatable bonds is 3. The van der Waals surface area contributed by atoms with Gasteiger partial charge in [-0.2, -0.15) is 0 Å². The highest BCUT2D eigenvalue weighted by Gasteiger charge is 2.70. The Morgan fingerprint density at radius 1 is 0.912 bits per heavy atom. The second kappa shape index (κ2) is 7.26. The SMILES string of the molecule is CC(=O)[C@H]1[C@@H](C(=O)c2ccccc2)[C@]2(C(=O)Nc3ccccc32)[C@@H]2C=C(C)c3ccccc3N21. The topological polar surface area (TPSA) is 66.5 Å². The fraction of sp³-hybridized carbons (Fsp3) is 0.207. The lowest BCUT2D eigenvalue weighted by Gasteiger charge is -2.39. The zero-order valence-electron chi connectivity index (χ0n) is 19.0. The summed E-state index contributed by atoms with van der Waals surface area (Å²) in [6.45, 7) is 3.55. The molecule has 168 valence electrons. The highest BCUT2D eigenvalue weighted by molar-refractivity contribution is 6.16. The van der Waals surface area contributed by atoms with Crippen LogP contribution in [0, 0.1) is 5.92 Å². The van der Waals surface area contributed by atoms with Gasteiger partial charge in [-0.25, -0.2) is 0 Å². The van der Waals surface area contributed by atoms with Crippen molar-refractivity contribution in [2.75, 3.05) is 10.2 Å². The van der Waals surface area contributed by atoms with Gasteiger partial charge in [0.15, 0.2) is 11.6 Å². The molecule has 0 saturated carbocycles. The Morgan fingerprint density at radius 3 is 2.35 bits per heavy atom. The maximum Gasteiger partial charge on any atom is 0.238 e. The summed E-state index contributed by atoms with van der Waals surface area (Å²) in [6, 6.07) is 23.2. The van der Waals surface area contributed by atoms with Crippen LogP contribution in [0.2, 0.25) is 0 Å². The molecule has 5 nitrogen and oxygen atoms in total. The Morgan fingerprint density at radius 2 is 1.59 bits per heavy atom. The molecule has 0 aromatic heterocycles. The summed E-state index contributed by atoms with van der Waals surface area (Å²) in [6.07, 6.45) is 2.07. The number of hydrogen-bond acceptors (Lipinski definition) is 4. The van der Waals surface area contributed by atoms with E-state index in [1.54, 1.807) is 12.1 Å². The van der Waals surface area contributed by atoms with Crippen LogP contribution >= 0.6 is 0 Å². The van der Waals surface area contributed by atoms with Crippen LogP contribution in [0.4, 0.5) is 11.4 Å². The van der Waals surface area contributed by atoms with Crippen LogP contribution in [0.3, 0.4) is 0 Å². The molecule has 4 atom stereocenters. The van der Waals surface area contributed by atoms with Gasteiger partial charge in [0.05, 0.1) is 18.0 Å². The van der Waals surface area contributed by atoms with Crippen molar-refractivity contribution in [3.05, 3.63) is 102 Å². The first kappa shape index (κ1) is 20.6. The molecule has 1 spiro atoms. The Labute approximate surface area is 198 Å². The van der Waals surface area contributed by atoms with E-state index >= 15 is 0 Å². The lowest BCUT2D eigenvalue weighted by molar-refractivity contribution is -0.122. The second-order valence-electron chi connectivity index (χ2n) is 9.35. The predicted octanol–water partition coefficient (Wildman–Crippen LogP) is 4.64. The van der Waals surface area contributed by atoms with Crippen LogP contribution < -0.4 is 10.2 Å². The Hall–Kier alpha value is -3.99.